The van der Waals surface area contributed by atoms with Crippen molar-refractivity contribution < 1.29 is 19.1 Å². The molecule has 4 nitrogen and oxygen atoms in total. The zero-order valence-corrected chi connectivity index (χ0v) is 18.5. The maximum atomic E-state index is 12.5. The molecule has 0 radical (unpaired) electrons. The van der Waals surface area contributed by atoms with Crippen LogP contribution >= 0.6 is 0 Å². The zero-order chi connectivity index (χ0) is 20.5. The predicted octanol–water partition coefficient (Wildman–Crippen LogP) is 6.60. The Balaban J connectivity index is 2.13. The van der Waals surface area contributed by atoms with Crippen molar-refractivity contribution in [3.63, 3.8) is 0 Å². The SMILES string of the molecule is CCCCCCCCCCCCOC(=O)C1CCCCC1C(=O)OCCCC. The minimum Gasteiger partial charge on any atom is -0.465 e. The summed E-state index contributed by atoms with van der Waals surface area (Å²) in [7, 11) is 0. The summed E-state index contributed by atoms with van der Waals surface area (Å²) in [5.41, 5.74) is 0. The van der Waals surface area contributed by atoms with Gasteiger partial charge in [0.15, 0.2) is 0 Å². The quantitative estimate of drug-likeness (QED) is 0.218. The second kappa shape index (κ2) is 16.9. The van der Waals surface area contributed by atoms with E-state index in [-0.39, 0.29) is 23.8 Å². The van der Waals surface area contributed by atoms with Crippen LogP contribution in [0.5, 0.6) is 0 Å². The van der Waals surface area contributed by atoms with E-state index in [9.17, 15) is 9.59 Å². The lowest BCUT2D eigenvalue weighted by Gasteiger charge is -2.28. The topological polar surface area (TPSA) is 52.6 Å². The molecule has 0 spiro atoms. The monoisotopic (exact) mass is 396 g/mol. The first-order chi connectivity index (χ1) is 13.7. The number of hydrogen-bond acceptors (Lipinski definition) is 4. The molecule has 28 heavy (non-hydrogen) atoms. The van der Waals surface area contributed by atoms with Crippen molar-refractivity contribution in [2.24, 2.45) is 11.8 Å². The fourth-order valence-electron chi connectivity index (χ4n) is 3.99. The molecule has 0 heterocycles. The van der Waals surface area contributed by atoms with Crippen molar-refractivity contribution in [2.45, 2.75) is 117 Å². The summed E-state index contributed by atoms with van der Waals surface area (Å²) in [4.78, 5) is 24.8. The smallest absolute Gasteiger partial charge is 0.309 e. The van der Waals surface area contributed by atoms with Crippen molar-refractivity contribution in [2.75, 3.05) is 13.2 Å². The first kappa shape index (κ1) is 25.0. The average Bonchev–Trinajstić information content (AvgIpc) is 2.72. The van der Waals surface area contributed by atoms with Crippen LogP contribution in [0.15, 0.2) is 0 Å². The summed E-state index contributed by atoms with van der Waals surface area (Å²) in [6.45, 7) is 5.28. The molecular formula is C24H44O4. The van der Waals surface area contributed by atoms with E-state index in [1.54, 1.807) is 0 Å². The highest BCUT2D eigenvalue weighted by atomic mass is 16.5. The largest absolute Gasteiger partial charge is 0.465 e. The number of carbonyl (C=O) groups is 2. The Morgan fingerprint density at radius 1 is 0.607 bits per heavy atom. The van der Waals surface area contributed by atoms with Crippen LogP contribution in [0.2, 0.25) is 0 Å². The highest BCUT2D eigenvalue weighted by Crippen LogP contribution is 2.32. The minimum atomic E-state index is -0.300. The lowest BCUT2D eigenvalue weighted by molar-refractivity contribution is -0.163. The Labute approximate surface area is 173 Å². The van der Waals surface area contributed by atoms with Crippen LogP contribution < -0.4 is 0 Å². The standard InChI is InChI=1S/C24H44O4/c1-3-5-7-8-9-10-11-12-13-16-20-28-24(26)22-18-15-14-17-21(22)23(25)27-19-6-4-2/h21-22H,3-20H2,1-2H3. The van der Waals surface area contributed by atoms with Gasteiger partial charge in [-0.05, 0) is 25.7 Å². The molecule has 164 valence electrons. The summed E-state index contributed by atoms with van der Waals surface area (Å²) in [6, 6.07) is 0. The second-order valence-corrected chi connectivity index (χ2v) is 8.37. The molecule has 1 rings (SSSR count). The third-order valence-electron chi connectivity index (χ3n) is 5.86. The minimum absolute atomic E-state index is 0.187. The molecule has 0 bridgehead atoms. The molecule has 2 atom stereocenters. The van der Waals surface area contributed by atoms with Crippen LogP contribution in [0, 0.1) is 11.8 Å². The van der Waals surface area contributed by atoms with Crippen LogP contribution in [0.4, 0.5) is 0 Å². The number of esters is 2. The lowest BCUT2D eigenvalue weighted by atomic mass is 9.79. The summed E-state index contributed by atoms with van der Waals surface area (Å²) < 4.78 is 10.9. The normalized spacial score (nSPS) is 19.4. The third-order valence-corrected chi connectivity index (χ3v) is 5.86. The molecule has 4 heteroatoms. The van der Waals surface area contributed by atoms with Gasteiger partial charge in [0.05, 0.1) is 25.0 Å². The maximum Gasteiger partial charge on any atom is 0.309 e. The number of rotatable bonds is 16. The van der Waals surface area contributed by atoms with Crippen LogP contribution in [0.3, 0.4) is 0 Å². The molecule has 1 aliphatic rings. The van der Waals surface area contributed by atoms with E-state index in [0.717, 1.165) is 51.4 Å². The van der Waals surface area contributed by atoms with Crippen LogP contribution in [0.1, 0.15) is 117 Å². The van der Waals surface area contributed by atoms with Gasteiger partial charge >= 0.3 is 11.9 Å². The molecule has 1 fully saturated rings. The van der Waals surface area contributed by atoms with E-state index in [0.29, 0.717) is 13.2 Å². The number of unbranched alkanes of at least 4 members (excludes halogenated alkanes) is 10. The molecule has 0 amide bonds. The highest BCUT2D eigenvalue weighted by Gasteiger charge is 2.37. The number of carbonyl (C=O) groups excluding carboxylic acids is 2. The van der Waals surface area contributed by atoms with E-state index >= 15 is 0 Å². The van der Waals surface area contributed by atoms with Gasteiger partial charge < -0.3 is 9.47 Å². The Hall–Kier alpha value is -1.06. The Kier molecular flexibility index (Phi) is 15.0. The Morgan fingerprint density at radius 3 is 1.46 bits per heavy atom. The fraction of sp³-hybridized carbons (Fsp3) is 0.917. The molecule has 0 aliphatic heterocycles. The molecule has 0 N–H and O–H groups in total. The first-order valence-corrected chi connectivity index (χ1v) is 12.0. The van der Waals surface area contributed by atoms with Gasteiger partial charge in [-0.2, -0.15) is 0 Å². The van der Waals surface area contributed by atoms with E-state index in [1.165, 1.54) is 51.4 Å². The summed E-state index contributed by atoms with van der Waals surface area (Å²) in [5, 5.41) is 0. The van der Waals surface area contributed by atoms with Crippen molar-refractivity contribution >= 4 is 11.9 Å². The second-order valence-electron chi connectivity index (χ2n) is 8.37. The van der Waals surface area contributed by atoms with E-state index in [1.807, 2.05) is 0 Å². The van der Waals surface area contributed by atoms with Crippen molar-refractivity contribution in [1.82, 2.24) is 0 Å². The van der Waals surface area contributed by atoms with Gasteiger partial charge in [-0.15, -0.1) is 0 Å². The van der Waals surface area contributed by atoms with Crippen molar-refractivity contribution in [3.8, 4) is 0 Å². The first-order valence-electron chi connectivity index (χ1n) is 12.0. The number of hydrogen-bond donors (Lipinski definition) is 0. The average molecular weight is 397 g/mol. The van der Waals surface area contributed by atoms with E-state index in [4.69, 9.17) is 9.47 Å². The predicted molar refractivity (Wildman–Crippen MR) is 114 cm³/mol. The third kappa shape index (κ3) is 11.1. The Bertz CT molecular complexity index is 407. The van der Waals surface area contributed by atoms with Crippen molar-refractivity contribution in [1.29, 1.82) is 0 Å². The Morgan fingerprint density at radius 2 is 1.00 bits per heavy atom. The summed E-state index contributed by atoms with van der Waals surface area (Å²) in [5.74, 6) is -0.987. The molecule has 0 aromatic heterocycles. The van der Waals surface area contributed by atoms with Gasteiger partial charge in [-0.1, -0.05) is 90.9 Å². The molecule has 2 unspecified atom stereocenters. The van der Waals surface area contributed by atoms with E-state index in [2.05, 4.69) is 13.8 Å². The van der Waals surface area contributed by atoms with Gasteiger partial charge in [0, 0.05) is 0 Å². The van der Waals surface area contributed by atoms with Crippen LogP contribution in [-0.2, 0) is 19.1 Å². The number of ether oxygens (including phenoxy) is 2. The van der Waals surface area contributed by atoms with Crippen LogP contribution in [-0.4, -0.2) is 25.2 Å². The summed E-state index contributed by atoms with van der Waals surface area (Å²) in [6.07, 6.45) is 18.0. The van der Waals surface area contributed by atoms with Gasteiger partial charge in [-0.3, -0.25) is 9.59 Å². The molecule has 0 aromatic carbocycles. The lowest BCUT2D eigenvalue weighted by Crippen LogP contribution is -2.35. The highest BCUT2D eigenvalue weighted by molar-refractivity contribution is 5.82. The molecule has 1 aliphatic carbocycles. The molecule has 1 saturated carbocycles. The molecule has 0 aromatic rings. The fourth-order valence-corrected chi connectivity index (χ4v) is 3.99. The van der Waals surface area contributed by atoms with Gasteiger partial charge in [-0.25, -0.2) is 0 Å². The maximum absolute atomic E-state index is 12.5. The zero-order valence-electron chi connectivity index (χ0n) is 18.5. The van der Waals surface area contributed by atoms with Gasteiger partial charge in [0.1, 0.15) is 0 Å². The van der Waals surface area contributed by atoms with E-state index < -0.39 is 0 Å². The molecule has 0 saturated heterocycles. The molecular weight excluding hydrogens is 352 g/mol. The van der Waals surface area contributed by atoms with Gasteiger partial charge in [0.2, 0.25) is 0 Å². The van der Waals surface area contributed by atoms with Crippen LogP contribution in [0.25, 0.3) is 0 Å². The van der Waals surface area contributed by atoms with Crippen molar-refractivity contribution in [3.05, 3.63) is 0 Å². The van der Waals surface area contributed by atoms with Gasteiger partial charge in [0.25, 0.3) is 0 Å². The summed E-state index contributed by atoms with van der Waals surface area (Å²) >= 11 is 0.